The Kier molecular flexibility index (Phi) is 5.39. The number of hydrogen-bond acceptors (Lipinski definition) is 6. The molecular weight excluding hydrogens is 454 g/mol. The van der Waals surface area contributed by atoms with Gasteiger partial charge in [0, 0.05) is 24.1 Å². The number of nitrogens with zero attached hydrogens (tertiary/aromatic N) is 7. The number of imidazole rings is 1. The minimum atomic E-state index is 0.659. The fourth-order valence-corrected chi connectivity index (χ4v) is 5.19. The molecule has 0 bridgehead atoms. The highest BCUT2D eigenvalue weighted by Crippen LogP contribution is 2.26. The van der Waals surface area contributed by atoms with Crippen molar-refractivity contribution < 1.29 is 0 Å². The van der Waals surface area contributed by atoms with E-state index in [4.69, 9.17) is 20.3 Å². The normalized spacial score (nSPS) is 11.4. The van der Waals surface area contributed by atoms with Crippen LogP contribution in [0.4, 0.5) is 0 Å². The van der Waals surface area contributed by atoms with Crippen LogP contribution in [0, 0.1) is 18.3 Å². The van der Waals surface area contributed by atoms with Crippen molar-refractivity contribution in [2.45, 2.75) is 30.8 Å². The summed E-state index contributed by atoms with van der Waals surface area (Å²) >= 11 is 1.62. The summed E-state index contributed by atoms with van der Waals surface area (Å²) in [5.41, 5.74) is 5.63. The molecule has 0 aliphatic heterocycles. The first-order valence-corrected chi connectivity index (χ1v) is 12.4. The Bertz CT molecular complexity index is 1720. The Balaban J connectivity index is 1.33. The lowest BCUT2D eigenvalue weighted by Crippen LogP contribution is -2.05. The second-order valence-electron chi connectivity index (χ2n) is 8.32. The molecule has 35 heavy (non-hydrogen) atoms. The van der Waals surface area contributed by atoms with E-state index in [2.05, 4.69) is 21.7 Å². The van der Waals surface area contributed by atoms with Crippen LogP contribution in [0.15, 0.2) is 78.0 Å². The first kappa shape index (κ1) is 21.3. The van der Waals surface area contributed by atoms with Gasteiger partial charge < -0.3 is 4.57 Å². The molecule has 6 rings (SSSR count). The number of para-hydroxylation sites is 3. The van der Waals surface area contributed by atoms with Gasteiger partial charge in [-0.2, -0.15) is 9.78 Å². The standard InChI is InChI=1S/C27H21N7S/c1-18-29-23-8-4-5-9-24(23)33(18)15-14-25-31-26-21-6-2-3-7-22(21)30-27(34(26)32-25)35-17-20-12-10-19(16-28)11-13-20/h2-13H,14-15,17H2,1H3. The quantitative estimate of drug-likeness (QED) is 0.239. The van der Waals surface area contributed by atoms with E-state index in [1.807, 2.05) is 78.2 Å². The van der Waals surface area contributed by atoms with Crippen LogP contribution in [0.2, 0.25) is 0 Å². The molecule has 170 valence electrons. The number of thioether (sulfide) groups is 1. The SMILES string of the molecule is Cc1nc2ccccc2n1CCc1nc2c3ccccc3nc(SCc3ccc(C#N)cc3)n2n1. The lowest BCUT2D eigenvalue weighted by Gasteiger charge is -2.06. The summed E-state index contributed by atoms with van der Waals surface area (Å²) in [5, 5.41) is 15.7. The second kappa shape index (κ2) is 8.85. The smallest absolute Gasteiger partial charge is 0.191 e. The van der Waals surface area contributed by atoms with E-state index in [9.17, 15) is 0 Å². The molecule has 0 spiro atoms. The molecule has 0 fully saturated rings. The molecule has 0 saturated carbocycles. The highest BCUT2D eigenvalue weighted by Gasteiger charge is 2.15. The fraction of sp³-hybridized carbons (Fsp3) is 0.148. The number of aryl methyl sites for hydroxylation is 3. The number of rotatable bonds is 6. The fourth-order valence-electron chi connectivity index (χ4n) is 4.29. The average Bonchev–Trinajstić information content (AvgIpc) is 3.47. The van der Waals surface area contributed by atoms with Crippen molar-refractivity contribution in [2.24, 2.45) is 0 Å². The van der Waals surface area contributed by atoms with E-state index in [0.29, 0.717) is 12.0 Å². The van der Waals surface area contributed by atoms with Crippen molar-refractivity contribution in [1.29, 1.82) is 5.26 Å². The zero-order valence-corrected chi connectivity index (χ0v) is 19.9. The van der Waals surface area contributed by atoms with Gasteiger partial charge in [-0.15, -0.1) is 5.10 Å². The molecule has 6 aromatic rings. The van der Waals surface area contributed by atoms with Crippen LogP contribution < -0.4 is 0 Å². The van der Waals surface area contributed by atoms with Crippen LogP contribution >= 0.6 is 11.8 Å². The number of fused-ring (bicyclic) bond motifs is 4. The van der Waals surface area contributed by atoms with E-state index < -0.39 is 0 Å². The topological polar surface area (TPSA) is 84.7 Å². The van der Waals surface area contributed by atoms with Crippen LogP contribution in [0.5, 0.6) is 0 Å². The van der Waals surface area contributed by atoms with Gasteiger partial charge in [0.25, 0.3) is 0 Å². The molecule has 3 heterocycles. The molecular formula is C27H21N7S. The summed E-state index contributed by atoms with van der Waals surface area (Å²) in [6.45, 7) is 2.79. The van der Waals surface area contributed by atoms with Gasteiger partial charge in [0.15, 0.2) is 16.6 Å². The molecule has 0 atom stereocenters. The van der Waals surface area contributed by atoms with E-state index in [0.717, 1.165) is 62.2 Å². The van der Waals surface area contributed by atoms with Gasteiger partial charge in [0.2, 0.25) is 0 Å². The maximum absolute atomic E-state index is 9.04. The monoisotopic (exact) mass is 475 g/mol. The van der Waals surface area contributed by atoms with Gasteiger partial charge in [0.05, 0.1) is 28.2 Å². The highest BCUT2D eigenvalue weighted by atomic mass is 32.2. The van der Waals surface area contributed by atoms with E-state index >= 15 is 0 Å². The predicted molar refractivity (Wildman–Crippen MR) is 137 cm³/mol. The Labute approximate surface area is 206 Å². The van der Waals surface area contributed by atoms with Crippen molar-refractivity contribution in [1.82, 2.24) is 29.1 Å². The molecule has 0 N–H and O–H groups in total. The molecule has 0 unspecified atom stereocenters. The third-order valence-corrected chi connectivity index (χ3v) is 7.05. The molecule has 0 radical (unpaired) electrons. The summed E-state index contributed by atoms with van der Waals surface area (Å²) in [6.07, 6.45) is 0.691. The Hall–Kier alpha value is -4.22. The summed E-state index contributed by atoms with van der Waals surface area (Å²) in [7, 11) is 0. The van der Waals surface area contributed by atoms with Crippen LogP contribution in [0.1, 0.15) is 22.8 Å². The summed E-state index contributed by atoms with van der Waals surface area (Å²) in [5.74, 6) is 2.49. The number of hydrogen-bond donors (Lipinski definition) is 0. The summed E-state index contributed by atoms with van der Waals surface area (Å²) in [4.78, 5) is 14.5. The zero-order chi connectivity index (χ0) is 23.8. The van der Waals surface area contributed by atoms with E-state index in [-0.39, 0.29) is 0 Å². The molecule has 0 aliphatic rings. The first-order chi connectivity index (χ1) is 17.2. The largest absolute Gasteiger partial charge is 0.328 e. The predicted octanol–water partition coefficient (Wildman–Crippen LogP) is 5.34. The molecule has 0 amide bonds. The minimum absolute atomic E-state index is 0.659. The Morgan fingerprint density at radius 3 is 2.49 bits per heavy atom. The van der Waals surface area contributed by atoms with E-state index in [1.165, 1.54) is 0 Å². The Morgan fingerprint density at radius 2 is 1.66 bits per heavy atom. The van der Waals surface area contributed by atoms with Gasteiger partial charge in [-0.1, -0.05) is 48.2 Å². The molecule has 8 heteroatoms. The second-order valence-corrected chi connectivity index (χ2v) is 9.26. The minimum Gasteiger partial charge on any atom is -0.328 e. The molecule has 0 saturated heterocycles. The van der Waals surface area contributed by atoms with E-state index in [1.54, 1.807) is 11.8 Å². The van der Waals surface area contributed by atoms with Crippen molar-refractivity contribution in [2.75, 3.05) is 0 Å². The first-order valence-electron chi connectivity index (χ1n) is 11.4. The highest BCUT2D eigenvalue weighted by molar-refractivity contribution is 7.98. The molecule has 3 aromatic carbocycles. The van der Waals surface area contributed by atoms with Gasteiger partial charge in [-0.05, 0) is 48.9 Å². The zero-order valence-electron chi connectivity index (χ0n) is 19.1. The lowest BCUT2D eigenvalue weighted by molar-refractivity contribution is 0.662. The lowest BCUT2D eigenvalue weighted by atomic mass is 10.2. The maximum atomic E-state index is 9.04. The van der Waals surface area contributed by atoms with Gasteiger partial charge in [-0.25, -0.2) is 15.0 Å². The van der Waals surface area contributed by atoms with Gasteiger partial charge in [-0.3, -0.25) is 0 Å². The van der Waals surface area contributed by atoms with Crippen molar-refractivity contribution in [3.05, 3.63) is 95.6 Å². The number of benzene rings is 3. The average molecular weight is 476 g/mol. The number of nitriles is 1. The summed E-state index contributed by atoms with van der Waals surface area (Å²) < 4.78 is 4.09. The Morgan fingerprint density at radius 1 is 0.886 bits per heavy atom. The summed E-state index contributed by atoms with van der Waals surface area (Å²) in [6, 6.07) is 26.0. The molecule has 3 aromatic heterocycles. The third-order valence-electron chi connectivity index (χ3n) is 6.05. The third kappa shape index (κ3) is 4.00. The van der Waals surface area contributed by atoms with Gasteiger partial charge in [0.1, 0.15) is 5.82 Å². The molecule has 0 aliphatic carbocycles. The van der Waals surface area contributed by atoms with Crippen LogP contribution in [-0.2, 0) is 18.7 Å². The maximum Gasteiger partial charge on any atom is 0.191 e. The van der Waals surface area contributed by atoms with Crippen LogP contribution in [0.25, 0.3) is 27.6 Å². The van der Waals surface area contributed by atoms with Gasteiger partial charge >= 0.3 is 0 Å². The van der Waals surface area contributed by atoms with Crippen LogP contribution in [0.3, 0.4) is 0 Å². The number of aromatic nitrogens is 6. The van der Waals surface area contributed by atoms with Crippen LogP contribution in [-0.4, -0.2) is 29.1 Å². The molecule has 7 nitrogen and oxygen atoms in total. The van der Waals surface area contributed by atoms with Crippen molar-refractivity contribution >= 4 is 39.3 Å². The van der Waals surface area contributed by atoms with Crippen molar-refractivity contribution in [3.8, 4) is 6.07 Å². The van der Waals surface area contributed by atoms with Crippen molar-refractivity contribution in [3.63, 3.8) is 0 Å².